The highest BCUT2D eigenvalue weighted by atomic mass is 16.5. The van der Waals surface area contributed by atoms with E-state index in [1.807, 2.05) is 4.90 Å². The van der Waals surface area contributed by atoms with Crippen LogP contribution < -0.4 is 5.32 Å². The minimum atomic E-state index is 0.124. The van der Waals surface area contributed by atoms with Gasteiger partial charge in [0.2, 0.25) is 0 Å². The Kier molecular flexibility index (Phi) is 3.83. The molecule has 0 saturated carbocycles. The largest absolute Gasteiger partial charge is 0.381 e. The monoisotopic (exact) mass is 212 g/mol. The van der Waals surface area contributed by atoms with Crippen molar-refractivity contribution in [2.45, 2.75) is 25.7 Å². The number of hydrogen-bond acceptors (Lipinski definition) is 2. The lowest BCUT2D eigenvalue weighted by Gasteiger charge is -2.24. The van der Waals surface area contributed by atoms with Crippen LogP contribution in [0.15, 0.2) is 0 Å². The first-order valence-electron chi connectivity index (χ1n) is 5.97. The second-order valence-electron chi connectivity index (χ2n) is 4.44. The third kappa shape index (κ3) is 3.09. The summed E-state index contributed by atoms with van der Waals surface area (Å²) in [6.07, 6.45) is 4.48. The molecule has 0 aromatic carbocycles. The number of nitrogens with one attached hydrogen (secondary N) is 1. The number of likely N-dealkylation sites (tertiary alicyclic amines) is 1. The fraction of sp³-hybridized carbons (Fsp3) is 0.909. The molecule has 1 N–H and O–H groups in total. The second kappa shape index (κ2) is 5.35. The maximum atomic E-state index is 11.7. The first-order chi connectivity index (χ1) is 7.36. The van der Waals surface area contributed by atoms with Crippen LogP contribution in [0.4, 0.5) is 4.79 Å². The van der Waals surface area contributed by atoms with Crippen LogP contribution in [0, 0.1) is 5.92 Å². The summed E-state index contributed by atoms with van der Waals surface area (Å²) in [5.74, 6) is 0.616. The Balaban J connectivity index is 1.65. The second-order valence-corrected chi connectivity index (χ2v) is 4.44. The minimum Gasteiger partial charge on any atom is -0.381 e. The van der Waals surface area contributed by atoms with Gasteiger partial charge in [0.1, 0.15) is 0 Å². The highest BCUT2D eigenvalue weighted by Gasteiger charge is 2.19. The molecule has 2 aliphatic heterocycles. The summed E-state index contributed by atoms with van der Waals surface area (Å²) < 4.78 is 5.28. The standard InChI is InChI=1S/C11H20N2O2/c14-11(13-5-1-2-6-13)12-9-10-3-7-15-8-4-10/h10H,1-9H2,(H,12,14). The predicted octanol–water partition coefficient (Wildman–Crippen LogP) is 1.22. The van der Waals surface area contributed by atoms with Gasteiger partial charge in [0.15, 0.2) is 0 Å². The fourth-order valence-electron chi connectivity index (χ4n) is 2.21. The molecule has 0 atom stereocenters. The van der Waals surface area contributed by atoms with Crippen molar-refractivity contribution in [2.24, 2.45) is 5.92 Å². The molecule has 0 unspecified atom stereocenters. The summed E-state index contributed by atoms with van der Waals surface area (Å²) in [5, 5.41) is 3.03. The molecule has 0 aromatic heterocycles. The Morgan fingerprint density at radius 3 is 2.60 bits per heavy atom. The molecular formula is C11H20N2O2. The Hall–Kier alpha value is -0.770. The number of urea groups is 1. The van der Waals surface area contributed by atoms with Gasteiger partial charge in [-0.25, -0.2) is 4.79 Å². The van der Waals surface area contributed by atoms with E-state index < -0.39 is 0 Å². The van der Waals surface area contributed by atoms with Crippen LogP contribution in [0.2, 0.25) is 0 Å². The Bertz CT molecular complexity index is 209. The van der Waals surface area contributed by atoms with E-state index in [4.69, 9.17) is 4.74 Å². The molecule has 2 fully saturated rings. The highest BCUT2D eigenvalue weighted by Crippen LogP contribution is 2.13. The molecule has 15 heavy (non-hydrogen) atoms. The van der Waals surface area contributed by atoms with Crippen molar-refractivity contribution in [1.82, 2.24) is 10.2 Å². The number of rotatable bonds is 2. The number of carbonyl (C=O) groups excluding carboxylic acids is 1. The van der Waals surface area contributed by atoms with Crippen molar-refractivity contribution in [1.29, 1.82) is 0 Å². The van der Waals surface area contributed by atoms with Gasteiger partial charge in [-0.1, -0.05) is 0 Å². The van der Waals surface area contributed by atoms with Crippen molar-refractivity contribution >= 4 is 6.03 Å². The molecule has 0 aliphatic carbocycles. The zero-order valence-corrected chi connectivity index (χ0v) is 9.21. The van der Waals surface area contributed by atoms with Crippen molar-refractivity contribution < 1.29 is 9.53 Å². The summed E-state index contributed by atoms with van der Waals surface area (Å²) >= 11 is 0. The quantitative estimate of drug-likeness (QED) is 0.747. The fourth-order valence-corrected chi connectivity index (χ4v) is 2.21. The summed E-state index contributed by atoms with van der Waals surface area (Å²) in [6, 6.07) is 0.124. The van der Waals surface area contributed by atoms with E-state index in [1.165, 1.54) is 0 Å². The molecular weight excluding hydrogens is 192 g/mol. The van der Waals surface area contributed by atoms with E-state index in [0.717, 1.165) is 58.5 Å². The smallest absolute Gasteiger partial charge is 0.317 e. The topological polar surface area (TPSA) is 41.6 Å². The summed E-state index contributed by atoms with van der Waals surface area (Å²) in [7, 11) is 0. The predicted molar refractivity (Wildman–Crippen MR) is 57.7 cm³/mol. The Labute approximate surface area is 91.0 Å². The van der Waals surface area contributed by atoms with E-state index >= 15 is 0 Å². The molecule has 2 rings (SSSR count). The van der Waals surface area contributed by atoms with Gasteiger partial charge < -0.3 is 15.0 Å². The number of carbonyl (C=O) groups is 1. The number of amides is 2. The van der Waals surface area contributed by atoms with Gasteiger partial charge in [-0.15, -0.1) is 0 Å². The Morgan fingerprint density at radius 1 is 1.27 bits per heavy atom. The van der Waals surface area contributed by atoms with Gasteiger partial charge in [-0.2, -0.15) is 0 Å². The zero-order valence-electron chi connectivity index (χ0n) is 9.21. The Morgan fingerprint density at radius 2 is 1.93 bits per heavy atom. The third-order valence-electron chi connectivity index (χ3n) is 3.28. The van der Waals surface area contributed by atoms with Gasteiger partial charge in [-0.3, -0.25) is 0 Å². The molecule has 2 heterocycles. The molecule has 2 aliphatic rings. The van der Waals surface area contributed by atoms with Gasteiger partial charge >= 0.3 is 6.03 Å². The van der Waals surface area contributed by atoms with Crippen molar-refractivity contribution in [3.63, 3.8) is 0 Å². The van der Waals surface area contributed by atoms with Crippen molar-refractivity contribution in [3.8, 4) is 0 Å². The van der Waals surface area contributed by atoms with Crippen LogP contribution >= 0.6 is 0 Å². The van der Waals surface area contributed by atoms with E-state index in [1.54, 1.807) is 0 Å². The van der Waals surface area contributed by atoms with Crippen LogP contribution in [0.5, 0.6) is 0 Å². The molecule has 0 radical (unpaired) electrons. The van der Waals surface area contributed by atoms with E-state index in [-0.39, 0.29) is 6.03 Å². The zero-order chi connectivity index (χ0) is 10.5. The van der Waals surface area contributed by atoms with Gasteiger partial charge in [0, 0.05) is 32.8 Å². The van der Waals surface area contributed by atoms with Crippen LogP contribution in [0.25, 0.3) is 0 Å². The first kappa shape index (κ1) is 10.7. The van der Waals surface area contributed by atoms with E-state index in [0.29, 0.717) is 5.92 Å². The lowest BCUT2D eigenvalue weighted by Crippen LogP contribution is -2.41. The van der Waals surface area contributed by atoms with Crippen LogP contribution in [-0.2, 0) is 4.74 Å². The first-order valence-corrected chi connectivity index (χ1v) is 5.97. The van der Waals surface area contributed by atoms with Crippen LogP contribution in [0.3, 0.4) is 0 Å². The van der Waals surface area contributed by atoms with Crippen molar-refractivity contribution in [2.75, 3.05) is 32.8 Å². The summed E-state index contributed by atoms with van der Waals surface area (Å²) in [5.41, 5.74) is 0. The highest BCUT2D eigenvalue weighted by molar-refractivity contribution is 5.74. The molecule has 86 valence electrons. The van der Waals surface area contributed by atoms with Crippen molar-refractivity contribution in [3.05, 3.63) is 0 Å². The lowest BCUT2D eigenvalue weighted by molar-refractivity contribution is 0.0665. The average molecular weight is 212 g/mol. The molecule has 0 bridgehead atoms. The molecule has 0 spiro atoms. The lowest BCUT2D eigenvalue weighted by atomic mass is 10.0. The SMILES string of the molecule is O=C(NCC1CCOCC1)N1CCCC1. The van der Waals surface area contributed by atoms with Crippen LogP contribution in [0.1, 0.15) is 25.7 Å². The number of nitrogens with zero attached hydrogens (tertiary/aromatic N) is 1. The van der Waals surface area contributed by atoms with Crippen LogP contribution in [-0.4, -0.2) is 43.8 Å². The maximum absolute atomic E-state index is 11.7. The van der Waals surface area contributed by atoms with Gasteiger partial charge in [-0.05, 0) is 31.6 Å². The van der Waals surface area contributed by atoms with E-state index in [9.17, 15) is 4.79 Å². The third-order valence-corrected chi connectivity index (χ3v) is 3.28. The molecule has 4 nitrogen and oxygen atoms in total. The summed E-state index contributed by atoms with van der Waals surface area (Å²) in [4.78, 5) is 13.6. The average Bonchev–Trinajstić information content (AvgIpc) is 2.81. The number of ether oxygens (including phenoxy) is 1. The maximum Gasteiger partial charge on any atom is 0.317 e. The summed E-state index contributed by atoms with van der Waals surface area (Å²) in [6.45, 7) is 4.38. The molecule has 2 amide bonds. The van der Waals surface area contributed by atoms with Gasteiger partial charge in [0.05, 0.1) is 0 Å². The van der Waals surface area contributed by atoms with Gasteiger partial charge in [0.25, 0.3) is 0 Å². The normalized spacial score (nSPS) is 23.1. The molecule has 4 heteroatoms. The molecule has 2 saturated heterocycles. The molecule has 0 aromatic rings. The van der Waals surface area contributed by atoms with E-state index in [2.05, 4.69) is 5.32 Å². The minimum absolute atomic E-state index is 0.124. The number of hydrogen-bond donors (Lipinski definition) is 1.